The highest BCUT2D eigenvalue weighted by Gasteiger charge is 2.57. The molecule has 4 aliphatic carbocycles. The molecule has 0 spiro atoms. The molecular formula is C25H27N3O2. The first kappa shape index (κ1) is 18.1. The number of hydrogen-bond acceptors (Lipinski definition) is 3. The van der Waals surface area contributed by atoms with Crippen LogP contribution in [0.15, 0.2) is 54.6 Å². The Kier molecular flexibility index (Phi) is 3.88. The van der Waals surface area contributed by atoms with Crippen molar-refractivity contribution in [2.45, 2.75) is 50.1 Å². The second-order valence-electron chi connectivity index (χ2n) is 9.79. The van der Waals surface area contributed by atoms with Crippen molar-refractivity contribution in [1.29, 1.82) is 0 Å². The van der Waals surface area contributed by atoms with Gasteiger partial charge in [0.15, 0.2) is 6.04 Å². The van der Waals surface area contributed by atoms with Crippen LogP contribution in [0.4, 0.5) is 17.1 Å². The van der Waals surface area contributed by atoms with Gasteiger partial charge in [-0.2, -0.15) is 0 Å². The van der Waals surface area contributed by atoms with Crippen LogP contribution in [-0.4, -0.2) is 23.4 Å². The summed E-state index contributed by atoms with van der Waals surface area (Å²) in [5, 5.41) is 0. The average Bonchev–Trinajstić information content (AvgIpc) is 2.81. The number of para-hydroxylation sites is 3. The Labute approximate surface area is 176 Å². The van der Waals surface area contributed by atoms with Crippen molar-refractivity contribution in [1.82, 2.24) is 0 Å². The second kappa shape index (κ2) is 6.42. The molecule has 154 valence electrons. The Morgan fingerprint density at radius 3 is 1.87 bits per heavy atom. The van der Waals surface area contributed by atoms with E-state index in [1.165, 1.54) is 19.3 Å². The minimum absolute atomic E-state index is 0.202. The largest absolute Gasteiger partial charge is 0.312 e. The molecule has 5 heteroatoms. The van der Waals surface area contributed by atoms with E-state index in [2.05, 4.69) is 0 Å². The summed E-state index contributed by atoms with van der Waals surface area (Å²) in [7, 11) is 0. The number of fused-ring (bicyclic) bond motifs is 1. The highest BCUT2D eigenvalue weighted by atomic mass is 16.2. The Balaban J connectivity index is 1.54. The summed E-state index contributed by atoms with van der Waals surface area (Å²) in [6.07, 6.45) is 6.99. The van der Waals surface area contributed by atoms with Crippen LogP contribution in [0, 0.1) is 17.8 Å². The van der Waals surface area contributed by atoms with E-state index in [9.17, 15) is 9.59 Å². The van der Waals surface area contributed by atoms with E-state index >= 15 is 0 Å². The maximum Gasteiger partial charge on any atom is 0.258 e. The van der Waals surface area contributed by atoms with Crippen LogP contribution in [0.1, 0.15) is 38.5 Å². The maximum atomic E-state index is 13.8. The number of hydrogen-bond donors (Lipinski definition) is 1. The number of benzene rings is 2. The lowest BCUT2D eigenvalue weighted by Gasteiger charge is -2.60. The van der Waals surface area contributed by atoms with Gasteiger partial charge in [-0.05, 0) is 80.5 Å². The van der Waals surface area contributed by atoms with Gasteiger partial charge in [-0.15, -0.1) is 0 Å². The molecule has 4 fully saturated rings. The van der Waals surface area contributed by atoms with E-state index in [4.69, 9.17) is 5.73 Å². The van der Waals surface area contributed by atoms with Gasteiger partial charge in [-0.1, -0.05) is 30.3 Å². The standard InChI is InChI=1S/C25H27N3O2/c26-22-23(29)27(19-6-2-1-3-7-19)20-8-4-5-9-21(20)28(24(22)30)25-13-16-10-17(14-25)12-18(11-16)15-25/h1-9,16-18,22H,10-15,26H2. The summed E-state index contributed by atoms with van der Waals surface area (Å²) < 4.78 is 0. The quantitative estimate of drug-likeness (QED) is 0.774. The molecule has 1 atom stereocenters. The van der Waals surface area contributed by atoms with Crippen molar-refractivity contribution in [2.24, 2.45) is 23.5 Å². The zero-order valence-corrected chi connectivity index (χ0v) is 17.0. The fourth-order valence-electron chi connectivity index (χ4n) is 7.14. The van der Waals surface area contributed by atoms with Crippen LogP contribution in [-0.2, 0) is 9.59 Å². The van der Waals surface area contributed by atoms with Crippen LogP contribution in [0.5, 0.6) is 0 Å². The molecule has 7 rings (SSSR count). The molecule has 30 heavy (non-hydrogen) atoms. The topological polar surface area (TPSA) is 66.6 Å². The zero-order chi connectivity index (χ0) is 20.5. The highest BCUT2D eigenvalue weighted by molar-refractivity contribution is 6.23. The lowest BCUT2D eigenvalue weighted by atomic mass is 9.52. The number of carbonyl (C=O) groups excluding carboxylic acids is 2. The van der Waals surface area contributed by atoms with E-state index < -0.39 is 6.04 Å². The predicted octanol–water partition coefficient (Wildman–Crippen LogP) is 3.99. The summed E-state index contributed by atoms with van der Waals surface area (Å²) in [4.78, 5) is 30.8. The summed E-state index contributed by atoms with van der Waals surface area (Å²) in [6, 6.07) is 16.2. The van der Waals surface area contributed by atoms with Gasteiger partial charge < -0.3 is 10.6 Å². The maximum absolute atomic E-state index is 13.8. The Morgan fingerprint density at radius 2 is 1.27 bits per heavy atom. The number of carbonyl (C=O) groups is 2. The minimum atomic E-state index is -1.19. The van der Waals surface area contributed by atoms with E-state index in [-0.39, 0.29) is 17.4 Å². The molecule has 4 saturated carbocycles. The molecule has 1 heterocycles. The summed E-state index contributed by atoms with van der Waals surface area (Å²) in [5.41, 5.74) is 8.48. The number of amides is 2. The zero-order valence-electron chi connectivity index (χ0n) is 17.0. The molecule has 0 aromatic heterocycles. The van der Waals surface area contributed by atoms with E-state index in [1.54, 1.807) is 4.90 Å². The molecule has 5 nitrogen and oxygen atoms in total. The van der Waals surface area contributed by atoms with Gasteiger partial charge in [-0.3, -0.25) is 14.5 Å². The molecular weight excluding hydrogens is 374 g/mol. The SMILES string of the molecule is NC1C(=O)N(c2ccccc2)c2ccccc2N(C23CC4CC(CC(C4)C2)C3)C1=O. The first-order valence-electron chi connectivity index (χ1n) is 11.1. The van der Waals surface area contributed by atoms with E-state index in [1.807, 2.05) is 59.5 Å². The van der Waals surface area contributed by atoms with Crippen molar-refractivity contribution in [3.05, 3.63) is 54.6 Å². The van der Waals surface area contributed by atoms with Crippen LogP contribution >= 0.6 is 0 Å². The first-order chi connectivity index (χ1) is 14.6. The lowest BCUT2D eigenvalue weighted by Crippen LogP contribution is -2.64. The van der Waals surface area contributed by atoms with Gasteiger partial charge in [-0.25, -0.2) is 0 Å². The predicted molar refractivity (Wildman–Crippen MR) is 116 cm³/mol. The molecule has 2 N–H and O–H groups in total. The third kappa shape index (κ3) is 2.51. The van der Waals surface area contributed by atoms with Crippen molar-refractivity contribution >= 4 is 28.9 Å². The molecule has 2 amide bonds. The summed E-state index contributed by atoms with van der Waals surface area (Å²) >= 11 is 0. The number of nitrogens with two attached hydrogens (primary N) is 1. The third-order valence-corrected chi connectivity index (χ3v) is 7.83. The molecule has 2 aromatic carbocycles. The summed E-state index contributed by atoms with van der Waals surface area (Å²) in [5.74, 6) is 1.48. The third-order valence-electron chi connectivity index (χ3n) is 7.83. The van der Waals surface area contributed by atoms with Crippen molar-refractivity contribution < 1.29 is 9.59 Å². The fraction of sp³-hybridized carbons (Fsp3) is 0.440. The Bertz CT molecular complexity index is 983. The number of rotatable bonds is 2. The van der Waals surface area contributed by atoms with Gasteiger partial charge >= 0.3 is 0 Å². The molecule has 1 aliphatic heterocycles. The van der Waals surface area contributed by atoms with Gasteiger partial charge in [0.25, 0.3) is 11.8 Å². The van der Waals surface area contributed by atoms with Gasteiger partial charge in [0.05, 0.1) is 11.4 Å². The molecule has 0 saturated heterocycles. The van der Waals surface area contributed by atoms with Crippen molar-refractivity contribution in [2.75, 3.05) is 9.80 Å². The smallest absolute Gasteiger partial charge is 0.258 e. The Hall–Kier alpha value is -2.66. The summed E-state index contributed by atoms with van der Waals surface area (Å²) in [6.45, 7) is 0. The first-order valence-corrected chi connectivity index (χ1v) is 11.1. The van der Waals surface area contributed by atoms with Crippen LogP contribution in [0.2, 0.25) is 0 Å². The van der Waals surface area contributed by atoms with Crippen molar-refractivity contribution in [3.8, 4) is 0 Å². The molecule has 5 aliphatic rings. The molecule has 4 bridgehead atoms. The minimum Gasteiger partial charge on any atom is -0.312 e. The van der Waals surface area contributed by atoms with Crippen LogP contribution in [0.3, 0.4) is 0 Å². The lowest BCUT2D eigenvalue weighted by molar-refractivity contribution is -0.129. The molecule has 1 unspecified atom stereocenters. The normalized spacial score (nSPS) is 34.8. The molecule has 2 aromatic rings. The monoisotopic (exact) mass is 401 g/mol. The number of nitrogens with zero attached hydrogens (tertiary/aromatic N) is 2. The van der Waals surface area contributed by atoms with Crippen LogP contribution < -0.4 is 15.5 Å². The average molecular weight is 402 g/mol. The van der Waals surface area contributed by atoms with Gasteiger partial charge in [0.1, 0.15) is 0 Å². The molecule has 0 radical (unpaired) electrons. The number of anilines is 3. The second-order valence-corrected chi connectivity index (χ2v) is 9.79. The van der Waals surface area contributed by atoms with E-state index in [0.29, 0.717) is 17.8 Å². The fourth-order valence-corrected chi connectivity index (χ4v) is 7.14. The van der Waals surface area contributed by atoms with E-state index in [0.717, 1.165) is 36.3 Å². The Morgan fingerprint density at radius 1 is 0.733 bits per heavy atom. The van der Waals surface area contributed by atoms with Crippen molar-refractivity contribution in [3.63, 3.8) is 0 Å². The van der Waals surface area contributed by atoms with Gasteiger partial charge in [0.2, 0.25) is 0 Å². The highest BCUT2D eigenvalue weighted by Crippen LogP contribution is 2.59. The van der Waals surface area contributed by atoms with Gasteiger partial charge in [0, 0.05) is 11.2 Å². The van der Waals surface area contributed by atoms with Crippen LogP contribution in [0.25, 0.3) is 0 Å².